The molecule has 2 unspecified atom stereocenters. The quantitative estimate of drug-likeness (QED) is 0.639. The lowest BCUT2D eigenvalue weighted by molar-refractivity contribution is -0.119. The third-order valence-corrected chi connectivity index (χ3v) is 2.82. The number of amides is 1. The predicted molar refractivity (Wildman–Crippen MR) is 60.1 cm³/mol. The van der Waals surface area contributed by atoms with E-state index in [0.717, 1.165) is 0 Å². The van der Waals surface area contributed by atoms with E-state index in [-0.39, 0.29) is 5.92 Å². The van der Waals surface area contributed by atoms with Crippen LogP contribution in [-0.4, -0.2) is 16.9 Å². The van der Waals surface area contributed by atoms with Gasteiger partial charge in [0.2, 0.25) is 17.5 Å². The van der Waals surface area contributed by atoms with Gasteiger partial charge in [0.15, 0.2) is 0 Å². The molecule has 0 saturated heterocycles. The van der Waals surface area contributed by atoms with Crippen molar-refractivity contribution in [2.45, 2.75) is 26.3 Å². The number of carbonyl (C=O) groups excluding carboxylic acids is 1. The van der Waals surface area contributed by atoms with Gasteiger partial charge in [-0.25, -0.2) is 0 Å². The van der Waals surface area contributed by atoms with E-state index >= 15 is 0 Å². The van der Waals surface area contributed by atoms with Crippen molar-refractivity contribution in [3.63, 3.8) is 0 Å². The van der Waals surface area contributed by atoms with Crippen LogP contribution in [0.15, 0.2) is 0 Å². The van der Waals surface area contributed by atoms with Crippen molar-refractivity contribution in [2.24, 2.45) is 11.7 Å². The summed E-state index contributed by atoms with van der Waals surface area (Å²) in [6, 6.07) is -1.16. The van der Waals surface area contributed by atoms with Crippen LogP contribution in [0.2, 0.25) is 0 Å². The Morgan fingerprint density at radius 1 is 1.26 bits per heavy atom. The molecule has 4 nitrogen and oxygen atoms in total. The zero-order chi connectivity index (χ0) is 14.7. The molecule has 19 heavy (non-hydrogen) atoms. The molecular weight excluding hydrogens is 266 g/mol. The largest absolute Gasteiger partial charge is 0.368 e. The Balaban J connectivity index is 3.20. The number of nitrogens with one attached hydrogen (secondary N) is 1. The van der Waals surface area contributed by atoms with E-state index in [2.05, 4.69) is 10.3 Å². The number of nitrogens with zero attached hydrogens (tertiary/aromatic N) is 1. The molecule has 1 aromatic rings. The lowest BCUT2D eigenvalue weighted by atomic mass is 9.98. The summed E-state index contributed by atoms with van der Waals surface area (Å²) >= 11 is 0. The second-order valence-electron chi connectivity index (χ2n) is 4.11. The van der Waals surface area contributed by atoms with Crippen LogP contribution in [0.25, 0.3) is 0 Å². The van der Waals surface area contributed by atoms with Gasteiger partial charge in [0.05, 0.1) is 0 Å². The number of nitrogens with two attached hydrogens (primary N) is 1. The summed E-state index contributed by atoms with van der Waals surface area (Å²) in [4.78, 5) is 13.6. The first-order valence-electron chi connectivity index (χ1n) is 5.55. The van der Waals surface area contributed by atoms with Crippen molar-refractivity contribution in [2.75, 3.05) is 5.32 Å². The highest BCUT2D eigenvalue weighted by Crippen LogP contribution is 2.24. The summed E-state index contributed by atoms with van der Waals surface area (Å²) in [6.07, 6.45) is 0.472. The number of rotatable bonds is 5. The SMILES string of the molecule is CCC(C)C(Nc1c(F)c(F)nc(F)c1F)C(N)=O. The molecule has 0 aliphatic carbocycles. The number of hydrogen-bond acceptors (Lipinski definition) is 3. The molecule has 1 amide bonds. The fourth-order valence-electron chi connectivity index (χ4n) is 1.50. The number of carbonyl (C=O) groups is 1. The molecule has 1 heterocycles. The Labute approximate surface area is 107 Å². The van der Waals surface area contributed by atoms with E-state index in [4.69, 9.17) is 5.73 Å². The maximum absolute atomic E-state index is 13.4. The molecule has 1 aromatic heterocycles. The van der Waals surface area contributed by atoms with E-state index in [1.807, 2.05) is 0 Å². The van der Waals surface area contributed by atoms with Crippen LogP contribution < -0.4 is 11.1 Å². The molecule has 1 rings (SSSR count). The Morgan fingerprint density at radius 2 is 1.74 bits per heavy atom. The van der Waals surface area contributed by atoms with E-state index in [9.17, 15) is 22.4 Å². The zero-order valence-corrected chi connectivity index (χ0v) is 10.3. The molecule has 8 heteroatoms. The van der Waals surface area contributed by atoms with Crippen LogP contribution in [0.5, 0.6) is 0 Å². The lowest BCUT2D eigenvalue weighted by Gasteiger charge is -2.22. The van der Waals surface area contributed by atoms with Gasteiger partial charge < -0.3 is 11.1 Å². The molecule has 0 saturated carbocycles. The predicted octanol–water partition coefficient (Wildman–Crippen LogP) is 1.95. The molecule has 0 aliphatic heterocycles. The lowest BCUT2D eigenvalue weighted by Crippen LogP contribution is -2.41. The van der Waals surface area contributed by atoms with Crippen molar-refractivity contribution in [3.05, 3.63) is 23.5 Å². The van der Waals surface area contributed by atoms with Gasteiger partial charge >= 0.3 is 0 Å². The van der Waals surface area contributed by atoms with Crippen LogP contribution in [0.4, 0.5) is 23.2 Å². The fraction of sp³-hybridized carbons (Fsp3) is 0.455. The van der Waals surface area contributed by atoms with Gasteiger partial charge in [0.1, 0.15) is 11.7 Å². The van der Waals surface area contributed by atoms with Gasteiger partial charge in [-0.1, -0.05) is 20.3 Å². The van der Waals surface area contributed by atoms with Crippen LogP contribution in [-0.2, 0) is 4.79 Å². The third-order valence-electron chi connectivity index (χ3n) is 2.82. The molecular formula is C11H13F4N3O. The van der Waals surface area contributed by atoms with Gasteiger partial charge in [-0.2, -0.15) is 22.5 Å². The Bertz CT molecular complexity index is 469. The normalized spacial score (nSPS) is 14.0. The van der Waals surface area contributed by atoms with Crippen molar-refractivity contribution in [1.82, 2.24) is 4.98 Å². The molecule has 2 atom stereocenters. The Kier molecular flexibility index (Phi) is 4.68. The first-order chi connectivity index (χ1) is 8.79. The summed E-state index contributed by atoms with van der Waals surface area (Å²) in [5, 5.41) is 2.10. The summed E-state index contributed by atoms with van der Waals surface area (Å²) in [5.41, 5.74) is 4.00. The third kappa shape index (κ3) is 3.12. The van der Waals surface area contributed by atoms with Crippen molar-refractivity contribution in [1.29, 1.82) is 0 Å². The number of anilines is 1. The number of hydrogen-bond donors (Lipinski definition) is 2. The molecule has 0 fully saturated rings. The van der Waals surface area contributed by atoms with Crippen molar-refractivity contribution in [3.8, 4) is 0 Å². The molecule has 0 radical (unpaired) electrons. The monoisotopic (exact) mass is 279 g/mol. The molecule has 106 valence electrons. The number of pyridine rings is 1. The van der Waals surface area contributed by atoms with Crippen molar-refractivity contribution >= 4 is 11.6 Å². The first kappa shape index (κ1) is 15.2. The molecule has 0 aliphatic rings. The van der Waals surface area contributed by atoms with Gasteiger partial charge in [0.25, 0.3) is 11.9 Å². The van der Waals surface area contributed by atoms with Gasteiger partial charge in [-0.15, -0.1) is 0 Å². The van der Waals surface area contributed by atoms with Gasteiger partial charge in [0, 0.05) is 0 Å². The highest BCUT2D eigenvalue weighted by molar-refractivity contribution is 5.83. The maximum Gasteiger partial charge on any atom is 0.253 e. The molecule has 0 bridgehead atoms. The average molecular weight is 279 g/mol. The number of aromatic nitrogens is 1. The van der Waals surface area contributed by atoms with Gasteiger partial charge in [-0.3, -0.25) is 4.79 Å². The zero-order valence-electron chi connectivity index (χ0n) is 10.3. The van der Waals surface area contributed by atoms with Gasteiger partial charge in [-0.05, 0) is 5.92 Å². The van der Waals surface area contributed by atoms with E-state index in [1.54, 1.807) is 13.8 Å². The minimum atomic E-state index is -1.80. The fourth-order valence-corrected chi connectivity index (χ4v) is 1.50. The Morgan fingerprint density at radius 3 is 2.11 bits per heavy atom. The summed E-state index contributed by atoms with van der Waals surface area (Å²) in [7, 11) is 0. The average Bonchev–Trinajstić information content (AvgIpc) is 2.35. The minimum absolute atomic E-state index is 0.379. The minimum Gasteiger partial charge on any atom is -0.368 e. The van der Waals surface area contributed by atoms with E-state index < -0.39 is 41.2 Å². The second-order valence-corrected chi connectivity index (χ2v) is 4.11. The summed E-state index contributed by atoms with van der Waals surface area (Å²) < 4.78 is 52.6. The van der Waals surface area contributed by atoms with Crippen LogP contribution in [0.1, 0.15) is 20.3 Å². The number of halogens is 4. The first-order valence-corrected chi connectivity index (χ1v) is 5.55. The van der Waals surface area contributed by atoms with Crippen LogP contribution in [0, 0.1) is 29.4 Å². The molecule has 0 aromatic carbocycles. The Hall–Kier alpha value is -1.86. The van der Waals surface area contributed by atoms with E-state index in [1.165, 1.54) is 0 Å². The maximum atomic E-state index is 13.4. The smallest absolute Gasteiger partial charge is 0.253 e. The van der Waals surface area contributed by atoms with Crippen LogP contribution in [0.3, 0.4) is 0 Å². The topological polar surface area (TPSA) is 68.0 Å². The number of primary amides is 1. The molecule has 0 spiro atoms. The standard InChI is InChI=1S/C11H13F4N3O/c1-3-4(2)7(11(16)19)17-8-5(12)9(14)18-10(15)6(8)13/h4,7H,3H2,1-2H3,(H2,16,19)(H,17,18). The van der Waals surface area contributed by atoms with E-state index in [0.29, 0.717) is 6.42 Å². The summed E-state index contributed by atoms with van der Waals surface area (Å²) in [6.45, 7) is 3.33. The van der Waals surface area contributed by atoms with Crippen molar-refractivity contribution < 1.29 is 22.4 Å². The summed E-state index contributed by atoms with van der Waals surface area (Å²) in [5.74, 6) is -8.26. The van der Waals surface area contributed by atoms with Crippen LogP contribution >= 0.6 is 0 Å². The highest BCUT2D eigenvalue weighted by Gasteiger charge is 2.27. The highest BCUT2D eigenvalue weighted by atomic mass is 19.2. The molecule has 3 N–H and O–H groups in total. The second kappa shape index (κ2) is 5.85.